The van der Waals surface area contributed by atoms with E-state index in [0.717, 1.165) is 29.1 Å². The smallest absolute Gasteiger partial charge is 0.165 e. The number of hydrogen-bond donors (Lipinski definition) is 1. The second-order valence-electron chi connectivity index (χ2n) is 4.89. The van der Waals surface area contributed by atoms with Gasteiger partial charge in [-0.1, -0.05) is 28.9 Å². The SMILES string of the molecule is CCNCc1ccc(Oc2cnn(C(C)C)c2)cc1Br. The summed E-state index contributed by atoms with van der Waals surface area (Å²) in [5, 5.41) is 7.57. The van der Waals surface area contributed by atoms with Crippen molar-refractivity contribution in [1.29, 1.82) is 0 Å². The molecular weight excluding hydrogens is 318 g/mol. The average molecular weight is 338 g/mol. The van der Waals surface area contributed by atoms with Crippen molar-refractivity contribution >= 4 is 15.9 Å². The standard InChI is InChI=1S/C15H20BrN3O/c1-4-17-8-12-5-6-13(7-15(12)16)20-14-9-18-19(10-14)11(2)3/h5-7,9-11,17H,4,8H2,1-3H3. The zero-order chi connectivity index (χ0) is 14.5. The lowest BCUT2D eigenvalue weighted by molar-refractivity contribution is 0.476. The predicted molar refractivity (Wildman–Crippen MR) is 84.2 cm³/mol. The molecule has 0 aliphatic heterocycles. The number of halogens is 1. The van der Waals surface area contributed by atoms with Crippen molar-refractivity contribution in [2.75, 3.05) is 6.54 Å². The fourth-order valence-corrected chi connectivity index (χ4v) is 2.28. The molecule has 0 aliphatic rings. The van der Waals surface area contributed by atoms with Crippen molar-refractivity contribution in [3.63, 3.8) is 0 Å². The summed E-state index contributed by atoms with van der Waals surface area (Å²) >= 11 is 3.58. The van der Waals surface area contributed by atoms with Crippen LogP contribution in [0.5, 0.6) is 11.5 Å². The van der Waals surface area contributed by atoms with Gasteiger partial charge in [-0.3, -0.25) is 4.68 Å². The Morgan fingerprint density at radius 3 is 2.75 bits per heavy atom. The minimum Gasteiger partial charge on any atom is -0.454 e. The Bertz CT molecular complexity index is 566. The van der Waals surface area contributed by atoms with E-state index in [9.17, 15) is 0 Å². The maximum atomic E-state index is 5.82. The van der Waals surface area contributed by atoms with E-state index in [1.165, 1.54) is 5.56 Å². The Morgan fingerprint density at radius 1 is 1.35 bits per heavy atom. The van der Waals surface area contributed by atoms with Gasteiger partial charge in [-0.25, -0.2) is 0 Å². The fourth-order valence-electron chi connectivity index (χ4n) is 1.79. The molecule has 1 N–H and O–H groups in total. The van der Waals surface area contributed by atoms with E-state index in [2.05, 4.69) is 53.2 Å². The van der Waals surface area contributed by atoms with Crippen LogP contribution in [0.25, 0.3) is 0 Å². The highest BCUT2D eigenvalue weighted by Gasteiger charge is 2.06. The Kier molecular flexibility index (Phi) is 5.20. The summed E-state index contributed by atoms with van der Waals surface area (Å²) < 4.78 is 8.74. The van der Waals surface area contributed by atoms with Crippen LogP contribution < -0.4 is 10.1 Å². The molecule has 1 heterocycles. The van der Waals surface area contributed by atoms with Crippen LogP contribution in [0.4, 0.5) is 0 Å². The van der Waals surface area contributed by atoms with Crippen LogP contribution in [0.2, 0.25) is 0 Å². The number of ether oxygens (including phenoxy) is 1. The molecular formula is C15H20BrN3O. The first-order valence-corrected chi connectivity index (χ1v) is 7.60. The van der Waals surface area contributed by atoms with Gasteiger partial charge < -0.3 is 10.1 Å². The Morgan fingerprint density at radius 2 is 2.15 bits per heavy atom. The van der Waals surface area contributed by atoms with Gasteiger partial charge in [0.15, 0.2) is 5.75 Å². The van der Waals surface area contributed by atoms with Gasteiger partial charge in [-0.2, -0.15) is 5.10 Å². The third kappa shape index (κ3) is 3.84. The number of rotatable bonds is 6. The van der Waals surface area contributed by atoms with E-state index in [1.807, 2.05) is 23.0 Å². The first kappa shape index (κ1) is 15.1. The zero-order valence-electron chi connectivity index (χ0n) is 12.1. The summed E-state index contributed by atoms with van der Waals surface area (Å²) in [7, 11) is 0. The molecule has 0 bridgehead atoms. The lowest BCUT2D eigenvalue weighted by atomic mass is 10.2. The van der Waals surface area contributed by atoms with E-state index >= 15 is 0 Å². The van der Waals surface area contributed by atoms with Gasteiger partial charge in [0.25, 0.3) is 0 Å². The topological polar surface area (TPSA) is 39.1 Å². The van der Waals surface area contributed by atoms with Gasteiger partial charge in [-0.05, 0) is 38.1 Å². The van der Waals surface area contributed by atoms with E-state index in [0.29, 0.717) is 6.04 Å². The summed E-state index contributed by atoms with van der Waals surface area (Å²) in [6.07, 6.45) is 3.64. The monoisotopic (exact) mass is 337 g/mol. The van der Waals surface area contributed by atoms with Gasteiger partial charge in [0, 0.05) is 17.1 Å². The lowest BCUT2D eigenvalue weighted by Gasteiger charge is -2.08. The third-order valence-electron chi connectivity index (χ3n) is 2.93. The Hall–Kier alpha value is -1.33. The highest BCUT2D eigenvalue weighted by molar-refractivity contribution is 9.10. The average Bonchev–Trinajstić information content (AvgIpc) is 2.86. The van der Waals surface area contributed by atoms with Crippen molar-refractivity contribution < 1.29 is 4.74 Å². The summed E-state index contributed by atoms with van der Waals surface area (Å²) in [5.41, 5.74) is 1.22. The Balaban J connectivity index is 2.07. The van der Waals surface area contributed by atoms with Crippen LogP contribution in [0.15, 0.2) is 35.1 Å². The molecule has 2 rings (SSSR count). The number of hydrogen-bond acceptors (Lipinski definition) is 3. The van der Waals surface area contributed by atoms with E-state index < -0.39 is 0 Å². The normalized spacial score (nSPS) is 11.1. The molecule has 0 unspecified atom stereocenters. The van der Waals surface area contributed by atoms with E-state index in [4.69, 9.17) is 4.74 Å². The van der Waals surface area contributed by atoms with Gasteiger partial charge in [0.1, 0.15) is 5.75 Å². The van der Waals surface area contributed by atoms with Crippen LogP contribution in [-0.4, -0.2) is 16.3 Å². The number of benzene rings is 1. The van der Waals surface area contributed by atoms with Gasteiger partial charge in [0.2, 0.25) is 0 Å². The third-order valence-corrected chi connectivity index (χ3v) is 3.67. The van der Waals surface area contributed by atoms with Crippen molar-refractivity contribution in [3.05, 3.63) is 40.6 Å². The molecule has 108 valence electrons. The largest absolute Gasteiger partial charge is 0.454 e. The van der Waals surface area contributed by atoms with Crippen LogP contribution in [0.1, 0.15) is 32.4 Å². The van der Waals surface area contributed by atoms with Crippen LogP contribution in [0, 0.1) is 0 Å². The molecule has 0 fully saturated rings. The number of nitrogens with zero attached hydrogens (tertiary/aromatic N) is 2. The molecule has 2 aromatic rings. The van der Waals surface area contributed by atoms with Crippen LogP contribution in [0.3, 0.4) is 0 Å². The second-order valence-corrected chi connectivity index (χ2v) is 5.74. The predicted octanol–water partition coefficient (Wildman–Crippen LogP) is 4.13. The molecule has 0 spiro atoms. The summed E-state index contributed by atoms with van der Waals surface area (Å²) in [5.74, 6) is 1.56. The van der Waals surface area contributed by atoms with Gasteiger partial charge in [-0.15, -0.1) is 0 Å². The molecule has 0 saturated heterocycles. The molecule has 0 saturated carbocycles. The molecule has 0 radical (unpaired) electrons. The molecule has 1 aromatic carbocycles. The highest BCUT2D eigenvalue weighted by Crippen LogP contribution is 2.27. The van der Waals surface area contributed by atoms with Crippen LogP contribution >= 0.6 is 15.9 Å². The first-order chi connectivity index (χ1) is 9.60. The minimum absolute atomic E-state index is 0.335. The van der Waals surface area contributed by atoms with Crippen molar-refractivity contribution in [2.24, 2.45) is 0 Å². The maximum absolute atomic E-state index is 5.82. The summed E-state index contributed by atoms with van der Waals surface area (Å²) in [6.45, 7) is 8.07. The summed E-state index contributed by atoms with van der Waals surface area (Å²) in [4.78, 5) is 0. The maximum Gasteiger partial charge on any atom is 0.165 e. The lowest BCUT2D eigenvalue weighted by Crippen LogP contribution is -2.11. The van der Waals surface area contributed by atoms with E-state index in [1.54, 1.807) is 6.20 Å². The van der Waals surface area contributed by atoms with Gasteiger partial charge >= 0.3 is 0 Å². The Labute approximate surface area is 128 Å². The molecule has 4 nitrogen and oxygen atoms in total. The van der Waals surface area contributed by atoms with Crippen molar-refractivity contribution in [2.45, 2.75) is 33.4 Å². The van der Waals surface area contributed by atoms with Crippen molar-refractivity contribution in [3.8, 4) is 11.5 Å². The number of nitrogens with one attached hydrogen (secondary N) is 1. The minimum atomic E-state index is 0.335. The molecule has 20 heavy (non-hydrogen) atoms. The highest BCUT2D eigenvalue weighted by atomic mass is 79.9. The number of aromatic nitrogens is 2. The van der Waals surface area contributed by atoms with Crippen LogP contribution in [-0.2, 0) is 6.54 Å². The quantitative estimate of drug-likeness (QED) is 0.861. The summed E-state index contributed by atoms with van der Waals surface area (Å²) in [6, 6.07) is 6.36. The first-order valence-electron chi connectivity index (χ1n) is 6.81. The molecule has 5 heteroatoms. The molecule has 0 amide bonds. The van der Waals surface area contributed by atoms with E-state index in [-0.39, 0.29) is 0 Å². The van der Waals surface area contributed by atoms with Crippen molar-refractivity contribution in [1.82, 2.24) is 15.1 Å². The molecule has 1 aromatic heterocycles. The zero-order valence-corrected chi connectivity index (χ0v) is 13.6. The fraction of sp³-hybridized carbons (Fsp3) is 0.400. The molecule has 0 atom stereocenters. The van der Waals surface area contributed by atoms with Gasteiger partial charge in [0.05, 0.1) is 12.4 Å². The molecule has 0 aliphatic carbocycles. The second kappa shape index (κ2) is 6.90.